The molecular formula is C128H161N10+5. The molecule has 0 radical (unpaired) electrons. The summed E-state index contributed by atoms with van der Waals surface area (Å²) in [4.78, 5) is 0. The Morgan fingerprint density at radius 3 is 0.870 bits per heavy atom. The van der Waals surface area contributed by atoms with E-state index in [9.17, 15) is 0 Å². The maximum atomic E-state index is 2.52. The average molecular weight is 1840 g/mol. The van der Waals surface area contributed by atoms with Gasteiger partial charge < -0.3 is 0 Å². The average Bonchev–Trinajstić information content (AvgIpc) is 1.47. The van der Waals surface area contributed by atoms with E-state index in [2.05, 4.69) is 534 Å². The molecule has 138 heavy (non-hydrogen) atoms. The highest BCUT2D eigenvalue weighted by molar-refractivity contribution is 5.79. The second kappa shape index (κ2) is 35.8. The molecule has 15 aromatic rings. The molecule has 0 amide bonds. The molecule has 0 saturated carbocycles. The Morgan fingerprint density at radius 2 is 0.507 bits per heavy atom. The Morgan fingerprint density at radius 1 is 0.232 bits per heavy atom. The van der Waals surface area contributed by atoms with E-state index in [1.54, 1.807) is 0 Å². The van der Waals surface area contributed by atoms with Gasteiger partial charge >= 0.3 is 0 Å². The van der Waals surface area contributed by atoms with E-state index in [-0.39, 0.29) is 54.1 Å². The number of para-hydroxylation sites is 5. The van der Waals surface area contributed by atoms with Gasteiger partial charge in [0.2, 0.25) is 30.0 Å². The Balaban J connectivity index is 0.000000125. The third-order valence-electron chi connectivity index (χ3n) is 37.0. The first kappa shape index (κ1) is 99.3. The fourth-order valence-electron chi connectivity index (χ4n) is 27.4. The number of hydrogen-bond acceptors (Lipinski definition) is 0. The molecule has 0 aliphatic carbocycles. The van der Waals surface area contributed by atoms with Gasteiger partial charge in [0, 0.05) is 77.4 Å². The number of nitrogens with zero attached hydrogens (tertiary/aromatic N) is 10. The zero-order valence-electron chi connectivity index (χ0n) is 90.9. The number of hydrogen-bond donors (Lipinski definition) is 0. The third kappa shape index (κ3) is 14.5. The summed E-state index contributed by atoms with van der Waals surface area (Å²) in [6, 6.07) is 80.6. The second-order valence-corrected chi connectivity index (χ2v) is 45.1. The lowest BCUT2D eigenvalue weighted by molar-refractivity contribution is -0.745. The van der Waals surface area contributed by atoms with E-state index < -0.39 is 0 Å². The van der Waals surface area contributed by atoms with Crippen molar-refractivity contribution in [3.63, 3.8) is 0 Å². The predicted octanol–water partition coefficient (Wildman–Crippen LogP) is 28.8. The van der Waals surface area contributed by atoms with E-state index >= 15 is 0 Å². The maximum Gasteiger partial charge on any atom is 0.239 e. The lowest BCUT2D eigenvalue weighted by Crippen LogP contribution is -2.53. The van der Waals surface area contributed by atoms with Gasteiger partial charge in [-0.25, -0.2) is 0 Å². The molecule has 5 aliphatic heterocycles. The molecule has 3 unspecified atom stereocenters. The SMILES string of the molecule is CCC1(C)c2c(-c3c(C)cccc3C)c[n+](C)n2-c2c(C)cccc2C1(C)C.CCC1(C)c2c(-c3ccccc3)c[n+](C)n2-c2c(C)cccc2C1(C)C.CCC1(C)c2cc(-c3cc(C)cc(C)c3)[n+](C)n2-c2c(C)cccc2C1(C)C.CCC1(CC)c2c(-c3c(C)cccc3C)c[n+](C)n2-c2c(C)cccc2C1(C)C.CCC1(CC)c2cc(-c3ccccc3)[n+](C)n2-c2c(C)cccc2C1(C)C. The molecule has 10 heteroatoms. The van der Waals surface area contributed by atoms with Crippen LogP contribution in [-0.4, -0.2) is 23.4 Å². The van der Waals surface area contributed by atoms with Crippen LogP contribution in [-0.2, 0) is 89.4 Å². The predicted molar refractivity (Wildman–Crippen MR) is 577 cm³/mol. The van der Waals surface area contributed by atoms with Gasteiger partial charge in [-0.1, -0.05) is 332 Å². The summed E-state index contributed by atoms with van der Waals surface area (Å²) in [5.41, 5.74) is 49.9. The number of benzene rings is 10. The van der Waals surface area contributed by atoms with Gasteiger partial charge in [0.05, 0.1) is 28.1 Å². The Bertz CT molecular complexity index is 7160. The molecule has 10 heterocycles. The van der Waals surface area contributed by atoms with Crippen LogP contribution in [0.2, 0.25) is 0 Å². The molecule has 0 spiro atoms. The number of rotatable bonds is 12. The lowest BCUT2D eigenvalue weighted by Gasteiger charge is -2.50. The number of aryl methyl sites for hydroxylation is 14. The minimum atomic E-state index is 0.0269. The summed E-state index contributed by atoms with van der Waals surface area (Å²) in [7, 11) is 11.0. The van der Waals surface area contributed by atoms with Crippen molar-refractivity contribution in [2.45, 2.75) is 314 Å². The fraction of sp³-hybridized carbons (Fsp3) is 0.414. The molecular weight excluding hydrogens is 1680 g/mol. The van der Waals surface area contributed by atoms with Crippen LogP contribution in [0.1, 0.15) is 301 Å². The zero-order chi connectivity index (χ0) is 100. The van der Waals surface area contributed by atoms with Crippen molar-refractivity contribution < 1.29 is 23.4 Å². The molecule has 10 nitrogen and oxygen atoms in total. The van der Waals surface area contributed by atoms with Crippen molar-refractivity contribution >= 4 is 0 Å². The zero-order valence-corrected chi connectivity index (χ0v) is 90.9. The van der Waals surface area contributed by atoms with Crippen LogP contribution in [0.25, 0.3) is 84.3 Å². The smallest absolute Gasteiger partial charge is 0.124 e. The van der Waals surface area contributed by atoms with Gasteiger partial charge in [0.15, 0.2) is 35.2 Å². The van der Waals surface area contributed by atoms with E-state index in [4.69, 9.17) is 0 Å². The van der Waals surface area contributed by atoms with Crippen molar-refractivity contribution in [1.82, 2.24) is 23.4 Å². The van der Waals surface area contributed by atoms with Crippen LogP contribution >= 0.6 is 0 Å². The van der Waals surface area contributed by atoms with Gasteiger partial charge in [-0.05, 0) is 240 Å². The molecule has 5 aromatic heterocycles. The van der Waals surface area contributed by atoms with Crippen LogP contribution < -0.4 is 23.4 Å². The highest BCUT2D eigenvalue weighted by Crippen LogP contribution is 2.61. The maximum absolute atomic E-state index is 2.52. The quantitative estimate of drug-likeness (QED) is 0.109. The standard InChI is InChI=1S/C27H35N2.2C26H33N2.C25H31N2.C24H29N2/c1-9-27(10-2)25-21(23-18(3)13-11-14-19(23)4)17-28(8)29(25)24-20(5)15-12-16-22(24)26(27,6)7;1-9-26(7)24-20(22-17(2)12-10-13-18(22)3)16-27(8)28(24)23-19(4)14-11-15-21(23)25(26,5)6;1-9-26(7)23-16-22(20-14-17(2)13-18(3)15-20)27(8)28(23)24-19(4)11-10-12-21(24)25(26,5)6;1-7-25(8-2)22-17-21(19-14-10-9-11-15-19)26(6)27(22)23-18(3)13-12-16-20(23)24(25,4)5;1-7-24(5)22-19(18-13-9-8-10-14-18)16-25(6)26(22)21-17(2)12-11-15-20(21)23(24,3)4/h11-17H,9-10H2,1-8H3;2*10-16H,9H2,1-8H3;9-17H,7-8H2,1-6H3;8-16H,7H2,1-6H3/q5*+1. The van der Waals surface area contributed by atoms with Crippen molar-refractivity contribution in [3.8, 4) is 84.3 Å². The molecule has 10 aromatic carbocycles. The Hall–Kier alpha value is -11.8. The molecule has 718 valence electrons. The molecule has 0 bridgehead atoms. The summed E-state index contributed by atoms with van der Waals surface area (Å²) in [5.74, 6) is 0. The van der Waals surface area contributed by atoms with E-state index in [0.717, 1.165) is 44.9 Å². The van der Waals surface area contributed by atoms with E-state index in [0.29, 0.717) is 0 Å². The number of fused-ring (bicyclic) bond motifs is 15. The molecule has 0 saturated heterocycles. The van der Waals surface area contributed by atoms with Crippen molar-refractivity contribution in [1.29, 1.82) is 0 Å². The molecule has 5 aliphatic rings. The first-order valence-electron chi connectivity index (χ1n) is 51.7. The van der Waals surface area contributed by atoms with Crippen molar-refractivity contribution in [2.24, 2.45) is 35.2 Å². The molecule has 3 atom stereocenters. The van der Waals surface area contributed by atoms with Crippen LogP contribution in [0.4, 0.5) is 0 Å². The van der Waals surface area contributed by atoms with Gasteiger partial charge in [-0.15, -0.1) is 46.8 Å². The van der Waals surface area contributed by atoms with Crippen molar-refractivity contribution in [3.05, 3.63) is 354 Å². The van der Waals surface area contributed by atoms with Crippen LogP contribution in [0.15, 0.2) is 237 Å². The van der Waals surface area contributed by atoms with Crippen LogP contribution in [0, 0.1) is 76.2 Å². The normalized spacial score (nSPS) is 18.7. The molecule has 0 fully saturated rings. The second-order valence-electron chi connectivity index (χ2n) is 45.1. The summed E-state index contributed by atoms with van der Waals surface area (Å²) in [6.45, 7) is 72.7. The van der Waals surface area contributed by atoms with Gasteiger partial charge in [-0.3, -0.25) is 0 Å². The highest BCUT2D eigenvalue weighted by atomic mass is 15.4. The third-order valence-corrected chi connectivity index (χ3v) is 37.0. The fourth-order valence-corrected chi connectivity index (χ4v) is 27.4. The minimum absolute atomic E-state index is 0.0269. The summed E-state index contributed by atoms with van der Waals surface area (Å²) >= 11 is 0. The summed E-state index contributed by atoms with van der Waals surface area (Å²) in [6.07, 6.45) is 14.8. The first-order valence-corrected chi connectivity index (χ1v) is 51.7. The summed E-state index contributed by atoms with van der Waals surface area (Å²) < 4.78 is 24.0. The van der Waals surface area contributed by atoms with E-state index in [1.807, 2.05) is 0 Å². The first-order chi connectivity index (χ1) is 65.2. The van der Waals surface area contributed by atoms with Crippen molar-refractivity contribution in [2.75, 3.05) is 0 Å². The van der Waals surface area contributed by atoms with E-state index in [1.165, 1.54) is 202 Å². The van der Waals surface area contributed by atoms with Crippen LogP contribution in [0.3, 0.4) is 0 Å². The van der Waals surface area contributed by atoms with Gasteiger partial charge in [0.1, 0.15) is 45.5 Å². The largest absolute Gasteiger partial charge is 0.239 e. The Labute approximate surface area is 829 Å². The Kier molecular flexibility index (Phi) is 25.8. The number of aromatic nitrogens is 10. The van der Waals surface area contributed by atoms with Gasteiger partial charge in [0.25, 0.3) is 0 Å². The summed E-state index contributed by atoms with van der Waals surface area (Å²) in [5, 5.41) is 0. The monoisotopic (exact) mass is 1840 g/mol. The van der Waals surface area contributed by atoms with Gasteiger partial charge in [-0.2, -0.15) is 0 Å². The highest BCUT2D eigenvalue weighted by Gasteiger charge is 2.60. The topological polar surface area (TPSA) is 44.0 Å². The lowest BCUT2D eigenvalue weighted by atomic mass is 9.55. The van der Waals surface area contributed by atoms with Crippen LogP contribution in [0.5, 0.6) is 0 Å². The minimum Gasteiger partial charge on any atom is -0.124 e. The molecule has 20 rings (SSSR count). The molecule has 0 N–H and O–H groups in total.